The predicted octanol–water partition coefficient (Wildman–Crippen LogP) is 18.7. The maximum atomic E-state index is 3.80. The average molecular weight is 871 g/mol. The number of benzene rings is 10. The van der Waals surface area contributed by atoms with Crippen molar-refractivity contribution in [2.75, 3.05) is 9.80 Å². The van der Waals surface area contributed by atoms with Crippen molar-refractivity contribution in [1.82, 2.24) is 0 Å². The van der Waals surface area contributed by atoms with E-state index in [0.717, 1.165) is 67.5 Å². The van der Waals surface area contributed by atoms with E-state index in [4.69, 9.17) is 0 Å². The van der Waals surface area contributed by atoms with Gasteiger partial charge < -0.3 is 9.80 Å². The molecule has 68 heavy (non-hydrogen) atoms. The van der Waals surface area contributed by atoms with Gasteiger partial charge in [-0.1, -0.05) is 225 Å². The zero-order chi connectivity index (χ0) is 45.9. The van der Waals surface area contributed by atoms with Crippen molar-refractivity contribution in [2.45, 2.75) is 0 Å². The third kappa shape index (κ3) is 9.53. The molecule has 10 aromatic rings. The Hall–Kier alpha value is -8.98. The van der Waals surface area contributed by atoms with E-state index in [2.05, 4.69) is 289 Å². The molecule has 0 fully saturated rings. The van der Waals surface area contributed by atoms with Crippen LogP contribution < -0.4 is 9.80 Å². The normalized spacial score (nSPS) is 11.2. The van der Waals surface area contributed by atoms with Gasteiger partial charge in [0.05, 0.1) is 11.4 Å². The van der Waals surface area contributed by atoms with Crippen LogP contribution in [0.2, 0.25) is 0 Å². The number of rotatable bonds is 14. The SMILES string of the molecule is C=C/C=C\C=C\c1ccc(N(c2ccccc2)c2ccc(-c3ccc(-c4ccc(N(c5ccccc5)c5ccc(-c6ccccc6)cc5-c5ccccc5)cc4)cc3)cc2)c(-c2ccccc2)c1. The van der Waals surface area contributed by atoms with Gasteiger partial charge in [0.15, 0.2) is 0 Å². The van der Waals surface area contributed by atoms with E-state index in [1.54, 1.807) is 6.08 Å². The lowest BCUT2D eigenvalue weighted by atomic mass is 9.96. The molecule has 0 heterocycles. The van der Waals surface area contributed by atoms with Gasteiger partial charge in [0.2, 0.25) is 0 Å². The molecule has 0 aromatic heterocycles. The second kappa shape index (κ2) is 20.5. The standard InChI is InChI=1S/C66H50N2/c1-2-3-4-10-21-50-32-46-65(63(48-50)56-24-13-6-14-25-56)67(59-28-17-8-18-29-59)61-42-37-54(38-43-61)52-33-35-53(36-34-52)55-39-44-62(45-40-55)68(60-30-19-9-20-31-60)66-47-41-58(51-22-11-5-12-23-51)49-64(66)57-26-15-7-16-27-57/h2-49H,1H2/b4-3-,21-10+. The van der Waals surface area contributed by atoms with Gasteiger partial charge in [-0.3, -0.25) is 0 Å². The third-order valence-electron chi connectivity index (χ3n) is 12.3. The van der Waals surface area contributed by atoms with E-state index < -0.39 is 0 Å². The lowest BCUT2D eigenvalue weighted by molar-refractivity contribution is 1.28. The number of para-hydroxylation sites is 2. The Morgan fingerprint density at radius 3 is 1.04 bits per heavy atom. The maximum Gasteiger partial charge on any atom is 0.0540 e. The van der Waals surface area contributed by atoms with Crippen LogP contribution in [-0.4, -0.2) is 0 Å². The fraction of sp³-hybridized carbons (Fsp3) is 0. The zero-order valence-electron chi connectivity index (χ0n) is 37.8. The van der Waals surface area contributed by atoms with Gasteiger partial charge in [-0.05, 0) is 123 Å². The fourth-order valence-electron chi connectivity index (χ4n) is 8.87. The Kier molecular flexibility index (Phi) is 12.9. The summed E-state index contributed by atoms with van der Waals surface area (Å²) in [6, 6.07) is 93.5. The quantitative estimate of drug-likeness (QED) is 0.100. The van der Waals surface area contributed by atoms with Crippen molar-refractivity contribution in [3.63, 3.8) is 0 Å². The Morgan fingerprint density at radius 2 is 0.603 bits per heavy atom. The minimum absolute atomic E-state index is 1.08. The minimum Gasteiger partial charge on any atom is -0.310 e. The zero-order valence-corrected chi connectivity index (χ0v) is 37.8. The van der Waals surface area contributed by atoms with Crippen LogP contribution in [0.3, 0.4) is 0 Å². The second-order valence-corrected chi connectivity index (χ2v) is 16.6. The van der Waals surface area contributed by atoms with Gasteiger partial charge in [0.25, 0.3) is 0 Å². The predicted molar refractivity (Wildman–Crippen MR) is 291 cm³/mol. The Morgan fingerprint density at radius 1 is 0.265 bits per heavy atom. The molecule has 0 amide bonds. The highest BCUT2D eigenvalue weighted by Gasteiger charge is 2.20. The topological polar surface area (TPSA) is 6.48 Å². The summed E-state index contributed by atoms with van der Waals surface area (Å²) in [5.41, 5.74) is 19.4. The molecule has 0 saturated heterocycles. The van der Waals surface area contributed by atoms with Crippen molar-refractivity contribution in [3.8, 4) is 55.6 Å². The monoisotopic (exact) mass is 870 g/mol. The molecule has 10 rings (SSSR count). The summed E-state index contributed by atoms with van der Waals surface area (Å²) in [5, 5.41) is 0. The second-order valence-electron chi connectivity index (χ2n) is 16.6. The van der Waals surface area contributed by atoms with E-state index in [1.807, 2.05) is 12.2 Å². The van der Waals surface area contributed by atoms with Gasteiger partial charge in [0.1, 0.15) is 0 Å². The molecule has 0 atom stereocenters. The molecular formula is C66H50N2. The highest BCUT2D eigenvalue weighted by molar-refractivity contribution is 5.92. The summed E-state index contributed by atoms with van der Waals surface area (Å²) < 4.78 is 0. The van der Waals surface area contributed by atoms with Crippen LogP contribution in [0.4, 0.5) is 34.1 Å². The van der Waals surface area contributed by atoms with Crippen LogP contribution in [0.1, 0.15) is 5.56 Å². The van der Waals surface area contributed by atoms with E-state index in [1.165, 1.54) is 27.8 Å². The molecule has 0 unspecified atom stereocenters. The molecule has 0 N–H and O–H groups in total. The number of allylic oxidation sites excluding steroid dienone is 4. The molecule has 10 aromatic carbocycles. The summed E-state index contributed by atoms with van der Waals surface area (Å²) in [6.45, 7) is 3.80. The van der Waals surface area contributed by atoms with Gasteiger partial charge in [0, 0.05) is 33.9 Å². The lowest BCUT2D eigenvalue weighted by Crippen LogP contribution is -2.11. The molecular weight excluding hydrogens is 821 g/mol. The summed E-state index contributed by atoms with van der Waals surface area (Å²) in [7, 11) is 0. The smallest absolute Gasteiger partial charge is 0.0540 e. The van der Waals surface area contributed by atoms with Crippen molar-refractivity contribution in [2.24, 2.45) is 0 Å². The van der Waals surface area contributed by atoms with Crippen LogP contribution in [-0.2, 0) is 0 Å². The summed E-state index contributed by atoms with van der Waals surface area (Å²) in [4.78, 5) is 4.72. The molecule has 0 saturated carbocycles. The van der Waals surface area contributed by atoms with Crippen LogP contribution in [0, 0.1) is 0 Å². The molecule has 0 radical (unpaired) electrons. The maximum absolute atomic E-state index is 3.80. The number of hydrogen-bond acceptors (Lipinski definition) is 2. The van der Waals surface area contributed by atoms with Crippen molar-refractivity contribution in [3.05, 3.63) is 297 Å². The highest BCUT2D eigenvalue weighted by Crippen LogP contribution is 2.44. The average Bonchev–Trinajstić information content (AvgIpc) is 3.42. The molecule has 2 heteroatoms. The highest BCUT2D eigenvalue weighted by atomic mass is 15.1. The Bertz CT molecular complexity index is 3290. The van der Waals surface area contributed by atoms with E-state index in [9.17, 15) is 0 Å². The lowest BCUT2D eigenvalue weighted by Gasteiger charge is -2.28. The molecule has 0 aliphatic rings. The molecule has 324 valence electrons. The van der Waals surface area contributed by atoms with E-state index in [-0.39, 0.29) is 0 Å². The number of anilines is 6. The Balaban J connectivity index is 0.944. The summed E-state index contributed by atoms with van der Waals surface area (Å²) >= 11 is 0. The molecule has 0 spiro atoms. The molecule has 0 aliphatic carbocycles. The fourth-order valence-corrected chi connectivity index (χ4v) is 8.87. The van der Waals surface area contributed by atoms with Crippen LogP contribution >= 0.6 is 0 Å². The first-order valence-electron chi connectivity index (χ1n) is 23.1. The van der Waals surface area contributed by atoms with Gasteiger partial charge in [-0.15, -0.1) is 0 Å². The van der Waals surface area contributed by atoms with Gasteiger partial charge in [-0.2, -0.15) is 0 Å². The van der Waals surface area contributed by atoms with E-state index in [0.29, 0.717) is 0 Å². The first kappa shape index (κ1) is 42.9. The summed E-state index contributed by atoms with van der Waals surface area (Å²) in [5.74, 6) is 0. The number of nitrogens with zero attached hydrogens (tertiary/aromatic N) is 2. The van der Waals surface area contributed by atoms with Crippen molar-refractivity contribution < 1.29 is 0 Å². The van der Waals surface area contributed by atoms with Crippen molar-refractivity contribution in [1.29, 1.82) is 0 Å². The molecule has 2 nitrogen and oxygen atoms in total. The first-order valence-corrected chi connectivity index (χ1v) is 23.1. The third-order valence-corrected chi connectivity index (χ3v) is 12.3. The molecule has 0 aliphatic heterocycles. The summed E-state index contributed by atoms with van der Waals surface area (Å²) in [6.07, 6.45) is 9.91. The van der Waals surface area contributed by atoms with Crippen LogP contribution in [0.5, 0.6) is 0 Å². The van der Waals surface area contributed by atoms with Crippen molar-refractivity contribution >= 4 is 40.2 Å². The minimum atomic E-state index is 1.08. The van der Waals surface area contributed by atoms with Gasteiger partial charge in [-0.25, -0.2) is 0 Å². The largest absolute Gasteiger partial charge is 0.310 e. The van der Waals surface area contributed by atoms with Crippen LogP contribution in [0.15, 0.2) is 292 Å². The Labute approximate surface area is 401 Å². The first-order chi connectivity index (χ1) is 33.7. The number of hydrogen-bond donors (Lipinski definition) is 0. The van der Waals surface area contributed by atoms with Crippen LogP contribution in [0.25, 0.3) is 61.7 Å². The van der Waals surface area contributed by atoms with Gasteiger partial charge >= 0.3 is 0 Å². The van der Waals surface area contributed by atoms with E-state index >= 15 is 0 Å². The molecule has 0 bridgehead atoms.